The number of likely N-dealkylation sites (tertiary alicyclic amines) is 1. The number of halogens is 1. The quantitative estimate of drug-likeness (QED) is 0.844. The largest absolute Gasteiger partial charge is 0.361 e. The zero-order chi connectivity index (χ0) is 18.1. The Morgan fingerprint density at radius 3 is 2.92 bits per heavy atom. The number of hydrogen-bond acceptors (Lipinski definition) is 2. The molecular weight excluding hydrogens is 350 g/mol. The summed E-state index contributed by atoms with van der Waals surface area (Å²) in [6.07, 6.45) is 7.58. The van der Waals surface area contributed by atoms with Gasteiger partial charge in [0.15, 0.2) is 0 Å². The lowest BCUT2D eigenvalue weighted by atomic mass is 10.1. The highest BCUT2D eigenvalue weighted by atomic mass is 35.5. The molecule has 138 valence electrons. The summed E-state index contributed by atoms with van der Waals surface area (Å²) >= 11 is 6.10. The first-order valence-corrected chi connectivity index (χ1v) is 9.81. The summed E-state index contributed by atoms with van der Waals surface area (Å²) < 4.78 is 0. The molecule has 1 saturated carbocycles. The third kappa shape index (κ3) is 3.58. The predicted octanol–water partition coefficient (Wildman–Crippen LogP) is 3.27. The van der Waals surface area contributed by atoms with Gasteiger partial charge in [-0.25, -0.2) is 0 Å². The maximum atomic E-state index is 12.4. The zero-order valence-electron chi connectivity index (χ0n) is 14.8. The second-order valence-corrected chi connectivity index (χ2v) is 7.92. The fourth-order valence-electron chi connectivity index (χ4n) is 4.17. The number of benzene rings is 1. The zero-order valence-corrected chi connectivity index (χ0v) is 15.5. The molecule has 26 heavy (non-hydrogen) atoms. The number of hydrogen-bond donors (Lipinski definition) is 2. The Kier molecular flexibility index (Phi) is 4.90. The molecule has 1 atom stereocenters. The minimum atomic E-state index is -0.208. The first-order chi connectivity index (χ1) is 12.6. The fraction of sp³-hybridized carbons (Fsp3) is 0.500. The van der Waals surface area contributed by atoms with E-state index in [1.54, 1.807) is 0 Å². The highest BCUT2D eigenvalue weighted by Gasteiger charge is 2.35. The Bertz CT molecular complexity index is 826. The number of fused-ring (bicyclic) bond motifs is 1. The topological polar surface area (TPSA) is 65.2 Å². The second-order valence-electron chi connectivity index (χ2n) is 7.48. The van der Waals surface area contributed by atoms with Gasteiger partial charge in [0.1, 0.15) is 0 Å². The lowest BCUT2D eigenvalue weighted by Gasteiger charge is -2.18. The highest BCUT2D eigenvalue weighted by Crippen LogP contribution is 2.25. The lowest BCUT2D eigenvalue weighted by molar-refractivity contribution is -0.129. The van der Waals surface area contributed by atoms with E-state index in [1.165, 1.54) is 12.8 Å². The Balaban J connectivity index is 1.35. The normalized spacial score (nSPS) is 21.0. The molecule has 1 aliphatic carbocycles. The van der Waals surface area contributed by atoms with E-state index in [0.29, 0.717) is 30.6 Å². The smallest absolute Gasteiger partial charge is 0.225 e. The molecule has 6 heteroatoms. The average Bonchev–Trinajstić information content (AvgIpc) is 3.33. The molecule has 4 rings (SSSR count). The summed E-state index contributed by atoms with van der Waals surface area (Å²) in [6, 6.07) is 6.09. The van der Waals surface area contributed by atoms with Crippen LogP contribution < -0.4 is 5.32 Å². The first kappa shape index (κ1) is 17.4. The van der Waals surface area contributed by atoms with Gasteiger partial charge >= 0.3 is 0 Å². The molecule has 2 fully saturated rings. The summed E-state index contributed by atoms with van der Waals surface area (Å²) in [7, 11) is 0. The van der Waals surface area contributed by atoms with Crippen molar-refractivity contribution in [1.82, 2.24) is 15.2 Å². The van der Waals surface area contributed by atoms with Crippen LogP contribution in [0.3, 0.4) is 0 Å². The van der Waals surface area contributed by atoms with Gasteiger partial charge in [-0.1, -0.05) is 24.4 Å². The number of rotatable bonds is 5. The second kappa shape index (κ2) is 7.31. The number of aromatic amines is 1. The van der Waals surface area contributed by atoms with Crippen LogP contribution in [0.25, 0.3) is 10.9 Å². The highest BCUT2D eigenvalue weighted by molar-refractivity contribution is 6.31. The van der Waals surface area contributed by atoms with E-state index < -0.39 is 0 Å². The van der Waals surface area contributed by atoms with Crippen LogP contribution >= 0.6 is 11.6 Å². The van der Waals surface area contributed by atoms with Crippen molar-refractivity contribution in [2.75, 3.05) is 13.1 Å². The molecule has 2 amide bonds. The predicted molar refractivity (Wildman–Crippen MR) is 102 cm³/mol. The van der Waals surface area contributed by atoms with Crippen LogP contribution in [0.2, 0.25) is 5.02 Å². The number of nitrogens with zero attached hydrogens (tertiary/aromatic N) is 1. The van der Waals surface area contributed by atoms with Gasteiger partial charge in [-0.15, -0.1) is 0 Å². The van der Waals surface area contributed by atoms with Gasteiger partial charge in [-0.05, 0) is 43.0 Å². The lowest BCUT2D eigenvalue weighted by Crippen LogP contribution is -2.38. The van der Waals surface area contributed by atoms with Crippen LogP contribution in [-0.2, 0) is 16.0 Å². The van der Waals surface area contributed by atoms with Crippen LogP contribution in [0, 0.1) is 5.92 Å². The van der Waals surface area contributed by atoms with Crippen molar-refractivity contribution in [3.05, 3.63) is 35.0 Å². The van der Waals surface area contributed by atoms with E-state index in [1.807, 2.05) is 29.3 Å². The van der Waals surface area contributed by atoms with Gasteiger partial charge in [-0.2, -0.15) is 0 Å². The van der Waals surface area contributed by atoms with E-state index in [-0.39, 0.29) is 17.7 Å². The molecule has 0 radical (unpaired) electrons. The number of carbonyl (C=O) groups excluding carboxylic acids is 2. The molecule has 1 saturated heterocycles. The molecule has 1 aliphatic heterocycles. The number of aromatic nitrogens is 1. The third-order valence-corrected chi connectivity index (χ3v) is 5.90. The van der Waals surface area contributed by atoms with Gasteiger partial charge in [0.05, 0.1) is 5.92 Å². The van der Waals surface area contributed by atoms with E-state index in [2.05, 4.69) is 10.3 Å². The summed E-state index contributed by atoms with van der Waals surface area (Å²) in [4.78, 5) is 29.8. The third-order valence-electron chi connectivity index (χ3n) is 5.67. The molecule has 2 N–H and O–H groups in total. The number of carbonyl (C=O) groups is 2. The van der Waals surface area contributed by atoms with Gasteiger partial charge in [-0.3, -0.25) is 9.59 Å². The van der Waals surface area contributed by atoms with Crippen molar-refractivity contribution < 1.29 is 9.59 Å². The van der Waals surface area contributed by atoms with Crippen LogP contribution in [-0.4, -0.2) is 40.8 Å². The first-order valence-electron chi connectivity index (χ1n) is 9.44. The van der Waals surface area contributed by atoms with Gasteiger partial charge in [0.2, 0.25) is 11.8 Å². The van der Waals surface area contributed by atoms with Gasteiger partial charge in [0.25, 0.3) is 0 Å². The van der Waals surface area contributed by atoms with E-state index in [9.17, 15) is 9.59 Å². The molecule has 1 aromatic carbocycles. The summed E-state index contributed by atoms with van der Waals surface area (Å²) in [5, 5.41) is 4.93. The number of amides is 2. The van der Waals surface area contributed by atoms with Crippen molar-refractivity contribution >= 4 is 34.3 Å². The molecule has 2 aromatic rings. The maximum Gasteiger partial charge on any atom is 0.225 e. The van der Waals surface area contributed by atoms with Gasteiger partial charge in [0, 0.05) is 47.7 Å². The Hall–Kier alpha value is -2.01. The van der Waals surface area contributed by atoms with Crippen molar-refractivity contribution in [2.45, 2.75) is 44.6 Å². The molecule has 1 aromatic heterocycles. The standard InChI is InChI=1S/C20H24ClN3O2/c21-15-5-6-18-17(10-15)13(11-22-18)7-8-24-12-14(9-19(24)25)20(26)23-16-3-1-2-4-16/h5-6,10-11,14,16,22H,1-4,7-9,12H2,(H,23,26)/t14-/m1/s1. The molecule has 0 unspecified atom stereocenters. The van der Waals surface area contributed by atoms with Crippen LogP contribution in [0.5, 0.6) is 0 Å². The monoisotopic (exact) mass is 373 g/mol. The molecule has 2 heterocycles. The van der Waals surface area contributed by atoms with Crippen molar-refractivity contribution in [1.29, 1.82) is 0 Å². The maximum absolute atomic E-state index is 12.4. The molecule has 2 aliphatic rings. The van der Waals surface area contributed by atoms with Crippen molar-refractivity contribution in [2.24, 2.45) is 5.92 Å². The van der Waals surface area contributed by atoms with E-state index in [0.717, 1.165) is 35.7 Å². The minimum Gasteiger partial charge on any atom is -0.361 e. The van der Waals surface area contributed by atoms with E-state index in [4.69, 9.17) is 11.6 Å². The van der Waals surface area contributed by atoms with Crippen LogP contribution in [0.15, 0.2) is 24.4 Å². The summed E-state index contributed by atoms with van der Waals surface area (Å²) in [5.74, 6) is -0.0819. The number of nitrogens with one attached hydrogen (secondary N) is 2. The molecule has 5 nitrogen and oxygen atoms in total. The average molecular weight is 374 g/mol. The summed E-state index contributed by atoms with van der Waals surface area (Å²) in [6.45, 7) is 1.16. The Labute approximate surface area is 158 Å². The van der Waals surface area contributed by atoms with Crippen LogP contribution in [0.4, 0.5) is 0 Å². The summed E-state index contributed by atoms with van der Waals surface area (Å²) in [5.41, 5.74) is 2.19. The SMILES string of the molecule is O=C(NC1CCCC1)[C@@H]1CC(=O)N(CCc2c[nH]c3ccc(Cl)cc23)C1. The molecule has 0 bridgehead atoms. The van der Waals surface area contributed by atoms with Crippen molar-refractivity contribution in [3.8, 4) is 0 Å². The molecule has 0 spiro atoms. The fourth-order valence-corrected chi connectivity index (χ4v) is 4.34. The van der Waals surface area contributed by atoms with Crippen molar-refractivity contribution in [3.63, 3.8) is 0 Å². The minimum absolute atomic E-state index is 0.0478. The number of H-pyrrole nitrogens is 1. The van der Waals surface area contributed by atoms with Gasteiger partial charge < -0.3 is 15.2 Å². The Morgan fingerprint density at radius 2 is 2.12 bits per heavy atom. The van der Waals surface area contributed by atoms with E-state index >= 15 is 0 Å². The molecular formula is C20H24ClN3O2. The Morgan fingerprint density at radius 1 is 1.31 bits per heavy atom. The van der Waals surface area contributed by atoms with Crippen LogP contribution in [0.1, 0.15) is 37.7 Å².